The first-order valence-electron chi connectivity index (χ1n) is 2.60. The van der Waals surface area contributed by atoms with Crippen LogP contribution in [0.2, 0.25) is 0 Å². The number of anilines is 1. The van der Waals surface area contributed by atoms with E-state index in [0.29, 0.717) is 5.13 Å². The fraction of sp³-hybridized carbons (Fsp3) is 0. The van der Waals surface area contributed by atoms with Crippen molar-refractivity contribution in [3.63, 3.8) is 0 Å². The molecule has 5 nitrogen and oxygen atoms in total. The first kappa shape index (κ1) is 5.48. The first-order chi connectivity index (χ1) is 4.77. The normalized spacial score (nSPS) is 10.8. The van der Waals surface area contributed by atoms with Crippen LogP contribution < -0.4 is 11.4 Å². The van der Waals surface area contributed by atoms with Gasteiger partial charge >= 0.3 is 5.69 Å². The van der Waals surface area contributed by atoms with Gasteiger partial charge in [-0.2, -0.15) is 4.52 Å². The summed E-state index contributed by atoms with van der Waals surface area (Å²) in [6.45, 7) is 0. The molecule has 0 bridgehead atoms. The lowest BCUT2D eigenvalue weighted by molar-refractivity contribution is 0.912. The molecule has 3 N–H and O–H groups in total. The van der Waals surface area contributed by atoms with E-state index >= 15 is 0 Å². The maximum Gasteiger partial charge on any atom is 0.347 e. The van der Waals surface area contributed by atoms with E-state index in [-0.39, 0.29) is 5.69 Å². The summed E-state index contributed by atoms with van der Waals surface area (Å²) in [5.41, 5.74) is 5.09. The molecule has 0 aliphatic carbocycles. The summed E-state index contributed by atoms with van der Waals surface area (Å²) in [5, 5.41) is 4.15. The fourth-order valence-electron chi connectivity index (χ4n) is 0.739. The minimum absolute atomic E-state index is 0.247. The molecule has 0 amide bonds. The summed E-state index contributed by atoms with van der Waals surface area (Å²) >= 11 is 1.27. The lowest BCUT2D eigenvalue weighted by Crippen LogP contribution is -2.09. The molecule has 0 spiro atoms. The van der Waals surface area contributed by atoms with Crippen LogP contribution in [0.4, 0.5) is 5.13 Å². The van der Waals surface area contributed by atoms with Crippen molar-refractivity contribution >= 4 is 21.3 Å². The minimum atomic E-state index is -0.247. The Hall–Kier alpha value is -1.30. The van der Waals surface area contributed by atoms with Gasteiger partial charge in [0, 0.05) is 6.20 Å². The number of imidazole rings is 1. The second-order valence-electron chi connectivity index (χ2n) is 1.78. The number of H-pyrrole nitrogens is 1. The maximum absolute atomic E-state index is 10.8. The van der Waals surface area contributed by atoms with E-state index in [1.165, 1.54) is 15.9 Å². The average molecular weight is 156 g/mol. The Morgan fingerprint density at radius 2 is 2.60 bits per heavy atom. The van der Waals surface area contributed by atoms with Crippen molar-refractivity contribution < 1.29 is 0 Å². The standard InChI is InChI=1S/C4H4N4OS/c5-3-7-8-2(10-3)1-6-4(8)9/h1H,(H2,5,7)(H,6,9). The number of hydrogen-bond donors (Lipinski definition) is 2. The van der Waals surface area contributed by atoms with Gasteiger partial charge in [0.25, 0.3) is 0 Å². The van der Waals surface area contributed by atoms with Gasteiger partial charge in [-0.15, -0.1) is 5.10 Å². The molecule has 0 aliphatic heterocycles. The second-order valence-corrected chi connectivity index (χ2v) is 2.82. The van der Waals surface area contributed by atoms with Crippen LogP contribution in [0.3, 0.4) is 0 Å². The van der Waals surface area contributed by atoms with Crippen LogP contribution in [-0.4, -0.2) is 14.6 Å². The van der Waals surface area contributed by atoms with E-state index in [0.717, 1.165) is 4.83 Å². The van der Waals surface area contributed by atoms with Crippen molar-refractivity contribution in [1.82, 2.24) is 14.6 Å². The predicted molar refractivity (Wildman–Crippen MR) is 38.1 cm³/mol. The number of aromatic nitrogens is 3. The molecule has 0 fully saturated rings. The molecular weight excluding hydrogens is 152 g/mol. The van der Waals surface area contributed by atoms with E-state index < -0.39 is 0 Å². The van der Waals surface area contributed by atoms with Gasteiger partial charge < -0.3 is 10.7 Å². The molecule has 0 radical (unpaired) electrons. The summed E-state index contributed by atoms with van der Waals surface area (Å²) in [5.74, 6) is 0. The van der Waals surface area contributed by atoms with Gasteiger partial charge in [-0.1, -0.05) is 11.3 Å². The molecule has 0 atom stereocenters. The molecule has 2 aromatic heterocycles. The number of fused-ring (bicyclic) bond motifs is 1. The van der Waals surface area contributed by atoms with Crippen LogP contribution in [0.15, 0.2) is 11.0 Å². The van der Waals surface area contributed by atoms with Crippen LogP contribution in [0, 0.1) is 0 Å². The van der Waals surface area contributed by atoms with Gasteiger partial charge in [-0.05, 0) is 0 Å². The Morgan fingerprint density at radius 3 is 3.30 bits per heavy atom. The number of rotatable bonds is 0. The topological polar surface area (TPSA) is 76.2 Å². The number of aromatic amines is 1. The van der Waals surface area contributed by atoms with Crippen molar-refractivity contribution in [1.29, 1.82) is 0 Å². The van der Waals surface area contributed by atoms with E-state index in [4.69, 9.17) is 5.73 Å². The molecule has 10 heavy (non-hydrogen) atoms. The monoisotopic (exact) mass is 156 g/mol. The van der Waals surface area contributed by atoms with Crippen molar-refractivity contribution in [2.45, 2.75) is 0 Å². The van der Waals surface area contributed by atoms with Gasteiger partial charge in [0.05, 0.1) is 0 Å². The second kappa shape index (κ2) is 1.60. The van der Waals surface area contributed by atoms with Crippen LogP contribution >= 0.6 is 11.3 Å². The third-order valence-electron chi connectivity index (χ3n) is 1.13. The van der Waals surface area contributed by atoms with Gasteiger partial charge in [0.2, 0.25) is 5.13 Å². The van der Waals surface area contributed by atoms with Crippen LogP contribution in [0.25, 0.3) is 4.83 Å². The first-order valence-corrected chi connectivity index (χ1v) is 3.42. The highest BCUT2D eigenvalue weighted by atomic mass is 32.1. The van der Waals surface area contributed by atoms with E-state index in [1.54, 1.807) is 6.20 Å². The Bertz CT molecular complexity index is 410. The number of nitrogens with one attached hydrogen (secondary N) is 1. The molecule has 0 aliphatic rings. The molecular formula is C4H4N4OS. The van der Waals surface area contributed by atoms with Gasteiger partial charge in [0.1, 0.15) is 4.83 Å². The van der Waals surface area contributed by atoms with Crippen LogP contribution in [0.1, 0.15) is 0 Å². The quantitative estimate of drug-likeness (QED) is 0.548. The molecule has 52 valence electrons. The number of nitrogens with two attached hydrogens (primary N) is 1. The Morgan fingerprint density at radius 1 is 1.80 bits per heavy atom. The summed E-state index contributed by atoms with van der Waals surface area (Å²) in [6.07, 6.45) is 1.58. The van der Waals surface area contributed by atoms with Crippen molar-refractivity contribution in [3.05, 3.63) is 16.7 Å². The summed E-state index contributed by atoms with van der Waals surface area (Å²) in [6, 6.07) is 0. The third-order valence-corrected chi connectivity index (χ3v) is 1.92. The largest absolute Gasteiger partial charge is 0.374 e. The van der Waals surface area contributed by atoms with E-state index in [2.05, 4.69) is 10.1 Å². The maximum atomic E-state index is 10.8. The van der Waals surface area contributed by atoms with Gasteiger partial charge in [-0.3, -0.25) is 0 Å². The van der Waals surface area contributed by atoms with E-state index in [9.17, 15) is 4.79 Å². The number of nitrogen functional groups attached to an aromatic ring is 1. The highest BCUT2D eigenvalue weighted by Gasteiger charge is 2.01. The molecule has 0 saturated heterocycles. The highest BCUT2D eigenvalue weighted by molar-refractivity contribution is 7.20. The van der Waals surface area contributed by atoms with E-state index in [1.807, 2.05) is 0 Å². The fourth-order valence-corrected chi connectivity index (χ4v) is 1.40. The summed E-state index contributed by atoms with van der Waals surface area (Å²) in [7, 11) is 0. The van der Waals surface area contributed by atoms with Gasteiger partial charge in [-0.25, -0.2) is 4.79 Å². The van der Waals surface area contributed by atoms with Gasteiger partial charge in [0.15, 0.2) is 0 Å². The molecule has 6 heteroatoms. The Labute approximate surface area is 59.1 Å². The van der Waals surface area contributed by atoms with Crippen LogP contribution in [0.5, 0.6) is 0 Å². The lowest BCUT2D eigenvalue weighted by Gasteiger charge is -1.72. The summed E-state index contributed by atoms with van der Waals surface area (Å²) in [4.78, 5) is 14.0. The zero-order valence-electron chi connectivity index (χ0n) is 4.87. The minimum Gasteiger partial charge on any atom is -0.374 e. The Balaban J connectivity index is 3.03. The molecule has 0 aromatic carbocycles. The van der Waals surface area contributed by atoms with Crippen molar-refractivity contribution in [2.24, 2.45) is 0 Å². The molecule has 0 saturated carbocycles. The highest BCUT2D eigenvalue weighted by Crippen LogP contribution is 2.12. The summed E-state index contributed by atoms with van der Waals surface area (Å²) < 4.78 is 1.24. The van der Waals surface area contributed by atoms with Crippen molar-refractivity contribution in [2.75, 3.05) is 5.73 Å². The van der Waals surface area contributed by atoms with Crippen molar-refractivity contribution in [3.8, 4) is 0 Å². The zero-order valence-corrected chi connectivity index (χ0v) is 5.68. The average Bonchev–Trinajstić information content (AvgIpc) is 2.35. The van der Waals surface area contributed by atoms with Crippen LogP contribution in [-0.2, 0) is 0 Å². The molecule has 2 heterocycles. The molecule has 2 rings (SSSR count). The smallest absolute Gasteiger partial charge is 0.347 e. The Kier molecular flexibility index (Phi) is 0.877. The predicted octanol–water partition coefficient (Wildman–Crippen LogP) is -0.334. The number of hydrogen-bond acceptors (Lipinski definition) is 4. The molecule has 0 unspecified atom stereocenters. The number of nitrogens with zero attached hydrogens (tertiary/aromatic N) is 2. The SMILES string of the molecule is Nc1nn2c(=O)[nH]cc2s1. The zero-order chi connectivity index (χ0) is 7.14. The lowest BCUT2D eigenvalue weighted by atomic mass is 11.0. The molecule has 2 aromatic rings. The third kappa shape index (κ3) is 0.561.